The van der Waals surface area contributed by atoms with Crippen molar-refractivity contribution in [2.75, 3.05) is 12.5 Å². The minimum absolute atomic E-state index is 0.156. The molecule has 0 radical (unpaired) electrons. The first-order valence-corrected chi connectivity index (χ1v) is 6.89. The second-order valence-electron chi connectivity index (χ2n) is 3.60. The van der Waals surface area contributed by atoms with Crippen molar-refractivity contribution in [3.8, 4) is 0 Å². The van der Waals surface area contributed by atoms with Gasteiger partial charge in [0.05, 0.1) is 0 Å². The minimum atomic E-state index is 0.156. The molecule has 0 spiro atoms. The van der Waals surface area contributed by atoms with Gasteiger partial charge in [0, 0.05) is 22.9 Å². The van der Waals surface area contributed by atoms with Crippen LogP contribution in [-0.4, -0.2) is 17.5 Å². The fourth-order valence-electron chi connectivity index (χ4n) is 1.60. The van der Waals surface area contributed by atoms with Gasteiger partial charge in [-0.2, -0.15) is 0 Å². The maximum atomic E-state index is 3.30. The molecule has 0 fully saturated rings. The zero-order chi connectivity index (χ0) is 9.26. The topological polar surface area (TPSA) is 15.8 Å². The van der Waals surface area contributed by atoms with Gasteiger partial charge in [-0.1, -0.05) is 18.2 Å². The smallest absolute Gasteiger partial charge is 0.0457 e. The molecule has 0 aliphatic carbocycles. The van der Waals surface area contributed by atoms with E-state index in [-0.39, 0.29) is 10.9 Å². The molecule has 2 aromatic rings. The van der Waals surface area contributed by atoms with E-state index in [1.165, 1.54) is 22.2 Å². The van der Waals surface area contributed by atoms with Gasteiger partial charge < -0.3 is 4.98 Å². The molecule has 0 aliphatic rings. The number of thiol groups is 1. The Morgan fingerprint density at radius 2 is 2.00 bits per heavy atom. The molecule has 1 heterocycles. The SMILES string of the molecule is C[SH](C)Cc1c[nH]c2ccccc12. The molecule has 1 N–H and O–H groups in total. The fourth-order valence-corrected chi connectivity index (χ4v) is 2.55. The van der Waals surface area contributed by atoms with E-state index in [1.54, 1.807) is 0 Å². The first kappa shape index (κ1) is 8.70. The molecular weight excluding hydrogens is 178 g/mol. The highest BCUT2D eigenvalue weighted by Gasteiger charge is 2.02. The molecule has 1 aromatic heterocycles. The van der Waals surface area contributed by atoms with Crippen LogP contribution in [0.3, 0.4) is 0 Å². The van der Waals surface area contributed by atoms with Crippen LogP contribution in [0.5, 0.6) is 0 Å². The molecular formula is C11H15NS. The van der Waals surface area contributed by atoms with Crippen LogP contribution in [0, 0.1) is 0 Å². The van der Waals surface area contributed by atoms with Crippen LogP contribution < -0.4 is 0 Å². The molecule has 0 bridgehead atoms. The lowest BCUT2D eigenvalue weighted by Crippen LogP contribution is -1.81. The highest BCUT2D eigenvalue weighted by molar-refractivity contribution is 8.15. The molecule has 0 amide bonds. The van der Waals surface area contributed by atoms with Gasteiger partial charge >= 0.3 is 0 Å². The molecule has 0 atom stereocenters. The third-order valence-corrected chi connectivity index (χ3v) is 3.13. The van der Waals surface area contributed by atoms with Crippen LogP contribution in [-0.2, 0) is 5.75 Å². The maximum absolute atomic E-state index is 3.30. The number of fused-ring (bicyclic) bond motifs is 1. The summed E-state index contributed by atoms with van der Waals surface area (Å²) in [4.78, 5) is 3.30. The predicted molar refractivity (Wildman–Crippen MR) is 62.8 cm³/mol. The lowest BCUT2D eigenvalue weighted by molar-refractivity contribution is 1.39. The fraction of sp³-hybridized carbons (Fsp3) is 0.273. The highest BCUT2D eigenvalue weighted by atomic mass is 32.2. The average Bonchev–Trinajstić information content (AvgIpc) is 2.48. The van der Waals surface area contributed by atoms with E-state index in [4.69, 9.17) is 0 Å². The Kier molecular flexibility index (Phi) is 2.32. The second kappa shape index (κ2) is 3.46. The minimum Gasteiger partial charge on any atom is -0.361 e. The zero-order valence-electron chi connectivity index (χ0n) is 8.04. The number of nitrogens with one attached hydrogen (secondary N) is 1. The van der Waals surface area contributed by atoms with Crippen molar-refractivity contribution in [2.24, 2.45) is 0 Å². The van der Waals surface area contributed by atoms with E-state index in [0.29, 0.717) is 0 Å². The molecule has 70 valence electrons. The Hall–Kier alpha value is -0.890. The Morgan fingerprint density at radius 1 is 1.23 bits per heavy atom. The normalized spacial score (nSPS) is 12.0. The molecule has 2 heteroatoms. The van der Waals surface area contributed by atoms with Crippen molar-refractivity contribution in [1.82, 2.24) is 4.98 Å². The third-order valence-electron chi connectivity index (χ3n) is 2.16. The summed E-state index contributed by atoms with van der Waals surface area (Å²) in [5.74, 6) is 1.22. The molecule has 0 aliphatic heterocycles. The van der Waals surface area contributed by atoms with Crippen LogP contribution in [0.25, 0.3) is 10.9 Å². The quantitative estimate of drug-likeness (QED) is 0.682. The van der Waals surface area contributed by atoms with Gasteiger partial charge in [0.15, 0.2) is 0 Å². The van der Waals surface area contributed by atoms with Gasteiger partial charge in [0.2, 0.25) is 0 Å². The largest absolute Gasteiger partial charge is 0.361 e. The Balaban J connectivity index is 2.46. The number of H-pyrrole nitrogens is 1. The average molecular weight is 193 g/mol. The number of rotatable bonds is 2. The van der Waals surface area contributed by atoms with Gasteiger partial charge in [0.25, 0.3) is 0 Å². The summed E-state index contributed by atoms with van der Waals surface area (Å²) < 4.78 is 0. The van der Waals surface area contributed by atoms with E-state index < -0.39 is 0 Å². The van der Waals surface area contributed by atoms with Crippen LogP contribution >= 0.6 is 10.9 Å². The summed E-state index contributed by atoms with van der Waals surface area (Å²) in [5.41, 5.74) is 2.72. The number of aromatic nitrogens is 1. The Bertz CT molecular complexity index is 403. The van der Waals surface area contributed by atoms with Gasteiger partial charge in [0.1, 0.15) is 0 Å². The van der Waals surface area contributed by atoms with E-state index in [0.717, 1.165) is 0 Å². The highest BCUT2D eigenvalue weighted by Crippen LogP contribution is 2.26. The van der Waals surface area contributed by atoms with Crippen LogP contribution in [0.2, 0.25) is 0 Å². The monoisotopic (exact) mass is 193 g/mol. The van der Waals surface area contributed by atoms with Gasteiger partial charge in [-0.15, -0.1) is 0 Å². The summed E-state index contributed by atoms with van der Waals surface area (Å²) >= 11 is 0. The van der Waals surface area contributed by atoms with Gasteiger partial charge in [-0.25, -0.2) is 0 Å². The predicted octanol–water partition coefficient (Wildman–Crippen LogP) is 2.93. The molecule has 0 saturated carbocycles. The van der Waals surface area contributed by atoms with Gasteiger partial charge in [-0.3, -0.25) is 10.9 Å². The zero-order valence-corrected chi connectivity index (χ0v) is 8.94. The molecule has 1 nitrogen and oxygen atoms in total. The Labute approximate surface area is 81.5 Å². The lowest BCUT2D eigenvalue weighted by atomic mass is 10.2. The van der Waals surface area contributed by atoms with Crippen molar-refractivity contribution in [3.05, 3.63) is 36.0 Å². The van der Waals surface area contributed by atoms with Crippen molar-refractivity contribution < 1.29 is 0 Å². The van der Waals surface area contributed by atoms with Crippen LogP contribution in [0.4, 0.5) is 0 Å². The van der Waals surface area contributed by atoms with Crippen LogP contribution in [0.1, 0.15) is 5.56 Å². The van der Waals surface area contributed by atoms with Crippen molar-refractivity contribution in [1.29, 1.82) is 0 Å². The van der Waals surface area contributed by atoms with Gasteiger partial charge in [-0.05, 0) is 24.1 Å². The molecule has 1 aromatic carbocycles. The first-order valence-electron chi connectivity index (χ1n) is 4.47. The summed E-state index contributed by atoms with van der Waals surface area (Å²) in [6.07, 6.45) is 6.78. The summed E-state index contributed by atoms with van der Waals surface area (Å²) in [5, 5.41) is 1.39. The molecule has 0 saturated heterocycles. The first-order chi connectivity index (χ1) is 6.27. The third kappa shape index (κ3) is 1.73. The van der Waals surface area contributed by atoms with E-state index >= 15 is 0 Å². The number of hydrogen-bond acceptors (Lipinski definition) is 0. The summed E-state index contributed by atoms with van der Waals surface area (Å²) in [6.45, 7) is 0. The van der Waals surface area contributed by atoms with Crippen molar-refractivity contribution in [3.63, 3.8) is 0 Å². The van der Waals surface area contributed by atoms with E-state index in [1.807, 2.05) is 0 Å². The Morgan fingerprint density at radius 3 is 2.77 bits per heavy atom. The van der Waals surface area contributed by atoms with Crippen molar-refractivity contribution >= 4 is 21.8 Å². The summed E-state index contributed by atoms with van der Waals surface area (Å²) in [6, 6.07) is 8.50. The maximum Gasteiger partial charge on any atom is 0.0457 e. The number of aromatic amines is 1. The number of benzene rings is 1. The molecule has 0 unspecified atom stereocenters. The lowest BCUT2D eigenvalue weighted by Gasteiger charge is -2.06. The molecule has 13 heavy (non-hydrogen) atoms. The number of para-hydroxylation sites is 1. The standard InChI is InChI=1S/C11H15NS/c1-13(2)8-9-7-12-11-6-4-3-5-10(9)11/h3-7,12-13H,8H2,1-2H3. The number of hydrogen-bond donors (Lipinski definition) is 2. The van der Waals surface area contributed by atoms with Crippen LogP contribution in [0.15, 0.2) is 30.5 Å². The van der Waals surface area contributed by atoms with Crippen molar-refractivity contribution in [2.45, 2.75) is 5.75 Å². The molecule has 2 rings (SSSR count). The van der Waals surface area contributed by atoms with E-state index in [9.17, 15) is 0 Å². The summed E-state index contributed by atoms with van der Waals surface area (Å²) in [7, 11) is 0.156. The van der Waals surface area contributed by atoms with E-state index in [2.05, 4.69) is 48.0 Å². The second-order valence-corrected chi connectivity index (χ2v) is 6.07.